The molecule has 1 unspecified atom stereocenters. The van der Waals surface area contributed by atoms with Gasteiger partial charge in [-0.2, -0.15) is 8.42 Å². The fourth-order valence-electron chi connectivity index (χ4n) is 2.80. The Balaban J connectivity index is 1.68. The zero-order chi connectivity index (χ0) is 18.2. The van der Waals surface area contributed by atoms with E-state index in [-0.39, 0.29) is 17.8 Å². The summed E-state index contributed by atoms with van der Waals surface area (Å²) in [6.45, 7) is 3.00. The number of carbonyl (C=O) groups excluding carboxylic acids is 1. The normalized spacial score (nSPS) is 17.1. The first-order valence-electron chi connectivity index (χ1n) is 7.41. The summed E-state index contributed by atoms with van der Waals surface area (Å²) in [5.41, 5.74) is 1.38. The van der Waals surface area contributed by atoms with E-state index in [4.69, 9.17) is 11.6 Å². The monoisotopic (exact) mass is 387 g/mol. The van der Waals surface area contributed by atoms with Gasteiger partial charge in [-0.25, -0.2) is 4.79 Å². The Bertz CT molecular complexity index is 898. The van der Waals surface area contributed by atoms with E-state index < -0.39 is 10.5 Å². The Kier molecular flexibility index (Phi) is 4.61. The van der Waals surface area contributed by atoms with Gasteiger partial charge in [-0.1, -0.05) is 15.5 Å². The van der Waals surface area contributed by atoms with Crippen LogP contribution < -0.4 is 9.50 Å². The first kappa shape index (κ1) is 17.6. The van der Waals surface area contributed by atoms with Crippen molar-refractivity contribution in [1.82, 2.24) is 9.47 Å². The van der Waals surface area contributed by atoms with Crippen LogP contribution in [0.2, 0.25) is 5.15 Å². The highest BCUT2D eigenvalue weighted by Crippen LogP contribution is 2.30. The molecule has 0 fully saturated rings. The molecule has 2 amide bonds. The summed E-state index contributed by atoms with van der Waals surface area (Å²) in [7, 11) is -5.07. The predicted octanol–water partition coefficient (Wildman–Crippen LogP) is 3.34. The third kappa shape index (κ3) is 3.88. The van der Waals surface area contributed by atoms with Crippen molar-refractivity contribution in [2.75, 3.05) is 11.9 Å². The molecular weight excluding hydrogens is 373 g/mol. The zero-order valence-electron chi connectivity index (χ0n) is 13.1. The molecule has 1 atom stereocenters. The highest BCUT2D eigenvalue weighted by atomic mass is 35.5. The summed E-state index contributed by atoms with van der Waals surface area (Å²) in [4.78, 5) is 14.2. The third-order valence-corrected chi connectivity index (χ3v) is 4.70. The summed E-state index contributed by atoms with van der Waals surface area (Å²) in [6.07, 6.45) is 0. The topological polar surface area (TPSA) is 80.6 Å². The maximum absolute atomic E-state index is 12.5. The van der Waals surface area contributed by atoms with Crippen LogP contribution in [0.5, 0.6) is 5.75 Å². The van der Waals surface area contributed by atoms with E-state index in [0.717, 1.165) is 5.69 Å². The molecule has 0 radical (unpaired) electrons. The predicted molar refractivity (Wildman–Crippen MR) is 90.7 cm³/mol. The average molecular weight is 388 g/mol. The van der Waals surface area contributed by atoms with Gasteiger partial charge in [-0.05, 0) is 43.3 Å². The van der Waals surface area contributed by atoms with E-state index in [2.05, 4.69) is 9.50 Å². The SMILES string of the molecule is CC1c2ccc(Cl)n2CCN1C(=O)Nc1ccc(OS(=O)(=O)F)cc1. The van der Waals surface area contributed by atoms with Crippen molar-refractivity contribution in [2.45, 2.75) is 19.5 Å². The number of aromatic nitrogens is 1. The number of hydrogen-bond acceptors (Lipinski definition) is 4. The molecule has 0 saturated heterocycles. The molecule has 2 aromatic rings. The molecule has 1 aliphatic rings. The Labute approximate surface area is 149 Å². The molecule has 2 heterocycles. The first-order valence-corrected chi connectivity index (χ1v) is 9.10. The van der Waals surface area contributed by atoms with E-state index in [9.17, 15) is 17.1 Å². The molecule has 3 rings (SSSR count). The molecule has 1 N–H and O–H groups in total. The van der Waals surface area contributed by atoms with Crippen LogP contribution in [0.3, 0.4) is 0 Å². The van der Waals surface area contributed by atoms with Crippen LogP contribution in [0.15, 0.2) is 36.4 Å². The van der Waals surface area contributed by atoms with Crippen LogP contribution in [-0.4, -0.2) is 30.5 Å². The summed E-state index contributed by atoms with van der Waals surface area (Å²) < 4.78 is 39.4. The largest absolute Gasteiger partial charge is 0.488 e. The molecule has 134 valence electrons. The highest BCUT2D eigenvalue weighted by molar-refractivity contribution is 7.81. The quantitative estimate of drug-likeness (QED) is 0.819. The summed E-state index contributed by atoms with van der Waals surface area (Å²) in [5.74, 6) is -0.181. The first-order chi connectivity index (χ1) is 11.7. The summed E-state index contributed by atoms with van der Waals surface area (Å²) in [5, 5.41) is 3.35. The highest BCUT2D eigenvalue weighted by Gasteiger charge is 2.28. The van der Waals surface area contributed by atoms with E-state index >= 15 is 0 Å². The van der Waals surface area contributed by atoms with Gasteiger partial charge in [0.15, 0.2) is 0 Å². The van der Waals surface area contributed by atoms with Gasteiger partial charge in [0.25, 0.3) is 0 Å². The van der Waals surface area contributed by atoms with Crippen LogP contribution in [0.25, 0.3) is 0 Å². The van der Waals surface area contributed by atoms with Gasteiger partial charge in [-0.3, -0.25) is 0 Å². The number of rotatable bonds is 3. The number of halogens is 2. The minimum atomic E-state index is -5.07. The fraction of sp³-hybridized carbons (Fsp3) is 0.267. The second kappa shape index (κ2) is 6.57. The molecule has 25 heavy (non-hydrogen) atoms. The number of amides is 2. The molecule has 1 aromatic carbocycles. The average Bonchev–Trinajstić information content (AvgIpc) is 2.90. The van der Waals surface area contributed by atoms with E-state index in [1.807, 2.05) is 17.6 Å². The summed E-state index contributed by atoms with van der Waals surface area (Å²) in [6, 6.07) is 8.57. The van der Waals surface area contributed by atoms with E-state index in [1.54, 1.807) is 11.0 Å². The molecule has 1 aliphatic heterocycles. The van der Waals surface area contributed by atoms with Crippen molar-refractivity contribution in [1.29, 1.82) is 0 Å². The lowest BCUT2D eigenvalue weighted by Gasteiger charge is -2.35. The standard InChI is InChI=1S/C15H15ClFN3O4S/c1-10-13-6-7-14(16)20(13)9-8-19(10)15(21)18-11-2-4-12(5-3-11)24-25(17,22)23/h2-7,10H,8-9H2,1H3,(H,18,21). The van der Waals surface area contributed by atoms with Gasteiger partial charge in [0.1, 0.15) is 10.9 Å². The third-order valence-electron chi connectivity index (χ3n) is 3.98. The Morgan fingerprint density at radius 1 is 1.24 bits per heavy atom. The molecule has 0 aliphatic carbocycles. The maximum atomic E-state index is 12.5. The van der Waals surface area contributed by atoms with Crippen molar-refractivity contribution >= 4 is 33.8 Å². The Hall–Kier alpha value is -2.26. The maximum Gasteiger partial charge on any atom is 0.488 e. The molecule has 1 aromatic heterocycles. The van der Waals surface area contributed by atoms with Crippen molar-refractivity contribution in [3.63, 3.8) is 0 Å². The molecule has 10 heteroatoms. The van der Waals surface area contributed by atoms with Crippen molar-refractivity contribution in [3.05, 3.63) is 47.2 Å². The number of benzene rings is 1. The number of hydrogen-bond donors (Lipinski definition) is 1. The van der Waals surface area contributed by atoms with Gasteiger partial charge < -0.3 is 19.0 Å². The van der Waals surface area contributed by atoms with Crippen LogP contribution >= 0.6 is 11.6 Å². The Morgan fingerprint density at radius 2 is 1.92 bits per heavy atom. The minimum absolute atomic E-state index is 0.152. The molecule has 0 bridgehead atoms. The zero-order valence-corrected chi connectivity index (χ0v) is 14.7. The van der Waals surface area contributed by atoms with E-state index in [0.29, 0.717) is 23.9 Å². The minimum Gasteiger partial charge on any atom is -0.358 e. The number of carbonyl (C=O) groups is 1. The number of urea groups is 1. The summed E-state index contributed by atoms with van der Waals surface area (Å²) >= 11 is 6.10. The number of fused-ring (bicyclic) bond motifs is 1. The van der Waals surface area contributed by atoms with Gasteiger partial charge in [-0.15, -0.1) is 0 Å². The van der Waals surface area contributed by atoms with Crippen molar-refractivity contribution in [3.8, 4) is 5.75 Å². The lowest BCUT2D eigenvalue weighted by Crippen LogP contribution is -2.43. The molecule has 0 saturated carbocycles. The van der Waals surface area contributed by atoms with E-state index in [1.165, 1.54) is 24.3 Å². The number of nitrogens with zero attached hydrogens (tertiary/aromatic N) is 2. The van der Waals surface area contributed by atoms with Gasteiger partial charge >= 0.3 is 16.5 Å². The smallest absolute Gasteiger partial charge is 0.358 e. The van der Waals surface area contributed by atoms with Gasteiger partial charge in [0.05, 0.1) is 6.04 Å². The van der Waals surface area contributed by atoms with Gasteiger partial charge in [0.2, 0.25) is 0 Å². The van der Waals surface area contributed by atoms with Crippen molar-refractivity contribution < 1.29 is 21.3 Å². The van der Waals surface area contributed by atoms with Crippen LogP contribution in [0.1, 0.15) is 18.7 Å². The number of nitrogens with one attached hydrogen (secondary N) is 1. The molecule has 7 nitrogen and oxygen atoms in total. The van der Waals surface area contributed by atoms with Crippen LogP contribution in [0.4, 0.5) is 14.4 Å². The fourth-order valence-corrected chi connectivity index (χ4v) is 3.39. The lowest BCUT2D eigenvalue weighted by atomic mass is 10.1. The van der Waals surface area contributed by atoms with Gasteiger partial charge in [0, 0.05) is 24.5 Å². The Morgan fingerprint density at radius 3 is 2.56 bits per heavy atom. The second-order valence-corrected chi connectivity index (χ2v) is 6.87. The van der Waals surface area contributed by atoms with Crippen LogP contribution in [-0.2, 0) is 17.0 Å². The lowest BCUT2D eigenvalue weighted by molar-refractivity contribution is 0.175. The second-order valence-electron chi connectivity index (χ2n) is 5.53. The molecular formula is C15H15ClFN3O4S. The van der Waals surface area contributed by atoms with Crippen molar-refractivity contribution in [2.24, 2.45) is 0 Å². The molecule has 0 spiro atoms. The number of anilines is 1. The van der Waals surface area contributed by atoms with Crippen LogP contribution in [0, 0.1) is 0 Å².